The molecule has 0 aliphatic carbocycles. The van der Waals surface area contributed by atoms with Crippen LogP contribution in [0.5, 0.6) is 5.75 Å². The number of hydrogen-bond acceptors (Lipinski definition) is 3. The fourth-order valence-electron chi connectivity index (χ4n) is 1.14. The summed E-state index contributed by atoms with van der Waals surface area (Å²) in [5.74, 6) is 0.688. The van der Waals surface area contributed by atoms with Crippen molar-refractivity contribution < 1.29 is 9.53 Å². The summed E-state index contributed by atoms with van der Waals surface area (Å²) in [6.45, 7) is 5.67. The Kier molecular flexibility index (Phi) is 4.68. The van der Waals surface area contributed by atoms with E-state index in [-0.39, 0.29) is 17.3 Å². The lowest BCUT2D eigenvalue weighted by atomic mass is 10.3. The van der Waals surface area contributed by atoms with Crippen molar-refractivity contribution in [1.29, 1.82) is 0 Å². The van der Waals surface area contributed by atoms with Crippen LogP contribution in [0.3, 0.4) is 0 Å². The molecule has 1 atom stereocenters. The molecule has 0 heterocycles. The first-order chi connectivity index (χ1) is 7.49. The van der Waals surface area contributed by atoms with Crippen molar-refractivity contribution in [3.8, 4) is 5.75 Å². The van der Waals surface area contributed by atoms with E-state index in [0.717, 1.165) is 11.4 Å². The zero-order valence-corrected chi connectivity index (χ0v) is 10.6. The van der Waals surface area contributed by atoms with Crippen LogP contribution in [-0.4, -0.2) is 17.3 Å². The molecule has 0 fully saturated rings. The molecule has 0 aliphatic heterocycles. The average molecular weight is 239 g/mol. The number of hydrogen-bond donors (Lipinski definition) is 2. The van der Waals surface area contributed by atoms with Crippen LogP contribution in [0.15, 0.2) is 24.3 Å². The third kappa shape index (κ3) is 4.14. The highest BCUT2D eigenvalue weighted by atomic mass is 32.1. The summed E-state index contributed by atoms with van der Waals surface area (Å²) >= 11 is 4.05. The minimum absolute atomic E-state index is 0.110. The van der Waals surface area contributed by atoms with Crippen molar-refractivity contribution >= 4 is 24.2 Å². The van der Waals surface area contributed by atoms with Crippen LogP contribution in [-0.2, 0) is 4.79 Å². The third-order valence-corrected chi connectivity index (χ3v) is 2.11. The highest BCUT2D eigenvalue weighted by molar-refractivity contribution is 7.81. The maximum absolute atomic E-state index is 11.4. The van der Waals surface area contributed by atoms with Crippen LogP contribution in [0.1, 0.15) is 20.8 Å². The summed E-state index contributed by atoms with van der Waals surface area (Å²) in [7, 11) is 0. The fourth-order valence-corrected chi connectivity index (χ4v) is 1.20. The number of anilines is 1. The molecule has 1 N–H and O–H groups in total. The van der Waals surface area contributed by atoms with E-state index in [1.165, 1.54) is 0 Å². The van der Waals surface area contributed by atoms with Gasteiger partial charge in [0, 0.05) is 5.69 Å². The number of nitrogens with one attached hydrogen (secondary N) is 1. The Balaban J connectivity index is 2.61. The third-order valence-electron chi connectivity index (χ3n) is 1.87. The smallest absolute Gasteiger partial charge is 0.236 e. The molecule has 1 aromatic carbocycles. The van der Waals surface area contributed by atoms with E-state index in [1.807, 2.05) is 38.1 Å². The first-order valence-electron chi connectivity index (χ1n) is 5.24. The zero-order valence-electron chi connectivity index (χ0n) is 9.73. The van der Waals surface area contributed by atoms with Gasteiger partial charge in [-0.1, -0.05) is 0 Å². The van der Waals surface area contributed by atoms with Crippen LogP contribution < -0.4 is 10.1 Å². The lowest BCUT2D eigenvalue weighted by molar-refractivity contribution is -0.115. The van der Waals surface area contributed by atoms with Crippen LogP contribution in [0, 0.1) is 0 Å². The molecule has 0 bridgehead atoms. The summed E-state index contributed by atoms with van der Waals surface area (Å²) in [4.78, 5) is 11.4. The molecule has 0 spiro atoms. The Labute approximate surface area is 102 Å². The Bertz CT molecular complexity index is 347. The van der Waals surface area contributed by atoms with Gasteiger partial charge in [-0.25, -0.2) is 0 Å². The zero-order chi connectivity index (χ0) is 12.1. The van der Waals surface area contributed by atoms with Crippen LogP contribution in [0.25, 0.3) is 0 Å². The summed E-state index contributed by atoms with van der Waals surface area (Å²) < 4.78 is 5.49. The summed E-state index contributed by atoms with van der Waals surface area (Å²) in [5, 5.41) is 2.44. The van der Waals surface area contributed by atoms with Crippen molar-refractivity contribution in [3.63, 3.8) is 0 Å². The first-order valence-corrected chi connectivity index (χ1v) is 5.76. The number of amides is 1. The topological polar surface area (TPSA) is 38.3 Å². The van der Waals surface area contributed by atoms with Crippen molar-refractivity contribution in [2.75, 3.05) is 5.32 Å². The molecular formula is C12H17NO2S. The van der Waals surface area contributed by atoms with Gasteiger partial charge in [-0.05, 0) is 45.0 Å². The maximum Gasteiger partial charge on any atom is 0.236 e. The minimum atomic E-state index is -0.313. The molecule has 3 nitrogen and oxygen atoms in total. The minimum Gasteiger partial charge on any atom is -0.491 e. The Morgan fingerprint density at radius 3 is 2.25 bits per heavy atom. The molecule has 1 rings (SSSR count). The lowest BCUT2D eigenvalue weighted by Gasteiger charge is -2.11. The van der Waals surface area contributed by atoms with E-state index in [0.29, 0.717) is 0 Å². The Morgan fingerprint density at radius 2 is 1.81 bits per heavy atom. The molecule has 0 aromatic heterocycles. The maximum atomic E-state index is 11.4. The number of ether oxygens (including phenoxy) is 1. The van der Waals surface area contributed by atoms with E-state index in [4.69, 9.17) is 4.74 Å². The number of carbonyl (C=O) groups excluding carboxylic acids is 1. The van der Waals surface area contributed by atoms with Gasteiger partial charge < -0.3 is 10.1 Å². The molecule has 88 valence electrons. The van der Waals surface area contributed by atoms with Gasteiger partial charge in [0.15, 0.2) is 0 Å². The van der Waals surface area contributed by atoms with Gasteiger partial charge >= 0.3 is 0 Å². The van der Waals surface area contributed by atoms with Gasteiger partial charge in [-0.15, -0.1) is 0 Å². The normalized spacial score (nSPS) is 12.3. The highest BCUT2D eigenvalue weighted by Crippen LogP contribution is 2.17. The second kappa shape index (κ2) is 5.80. The van der Waals surface area contributed by atoms with Crippen molar-refractivity contribution in [2.24, 2.45) is 0 Å². The number of carbonyl (C=O) groups is 1. The van der Waals surface area contributed by atoms with Gasteiger partial charge in [0.05, 0.1) is 11.4 Å². The van der Waals surface area contributed by atoms with Gasteiger partial charge in [0.1, 0.15) is 5.75 Å². The molecule has 1 amide bonds. The van der Waals surface area contributed by atoms with E-state index < -0.39 is 0 Å². The predicted octanol–water partition coefficient (Wildman–Crippen LogP) is 2.73. The van der Waals surface area contributed by atoms with Crippen molar-refractivity contribution in [1.82, 2.24) is 0 Å². The quantitative estimate of drug-likeness (QED) is 0.793. The molecule has 16 heavy (non-hydrogen) atoms. The standard InChI is InChI=1S/C12H17NO2S/c1-8(2)15-11-6-4-10(5-7-11)13-12(14)9(3)16/h4-9,16H,1-3H3,(H,13,14). The average Bonchev–Trinajstić information content (AvgIpc) is 2.20. The second-order valence-electron chi connectivity index (χ2n) is 3.86. The highest BCUT2D eigenvalue weighted by Gasteiger charge is 2.07. The molecular weight excluding hydrogens is 222 g/mol. The number of thiol groups is 1. The number of benzene rings is 1. The van der Waals surface area contributed by atoms with Gasteiger partial charge in [-0.3, -0.25) is 4.79 Å². The largest absolute Gasteiger partial charge is 0.491 e. The van der Waals surface area contributed by atoms with E-state index >= 15 is 0 Å². The van der Waals surface area contributed by atoms with Crippen molar-refractivity contribution in [3.05, 3.63) is 24.3 Å². The van der Waals surface area contributed by atoms with E-state index in [1.54, 1.807) is 6.92 Å². The second-order valence-corrected chi connectivity index (χ2v) is 4.63. The van der Waals surface area contributed by atoms with E-state index in [2.05, 4.69) is 17.9 Å². The molecule has 0 saturated heterocycles. The summed E-state index contributed by atoms with van der Waals surface area (Å²) in [6, 6.07) is 7.29. The number of rotatable bonds is 4. The van der Waals surface area contributed by atoms with Crippen LogP contribution in [0.4, 0.5) is 5.69 Å². The molecule has 4 heteroatoms. The van der Waals surface area contributed by atoms with Crippen LogP contribution in [0.2, 0.25) is 0 Å². The Hall–Kier alpha value is -1.16. The molecule has 0 aliphatic rings. The lowest BCUT2D eigenvalue weighted by Crippen LogP contribution is -2.20. The SMILES string of the molecule is CC(C)Oc1ccc(NC(=O)C(C)S)cc1. The van der Waals surface area contributed by atoms with Crippen LogP contribution >= 0.6 is 12.6 Å². The van der Waals surface area contributed by atoms with E-state index in [9.17, 15) is 4.79 Å². The molecule has 1 unspecified atom stereocenters. The molecule has 1 aromatic rings. The Morgan fingerprint density at radius 1 is 1.25 bits per heavy atom. The van der Waals surface area contributed by atoms with Gasteiger partial charge in [0.25, 0.3) is 0 Å². The van der Waals surface area contributed by atoms with Gasteiger partial charge in [0.2, 0.25) is 5.91 Å². The van der Waals surface area contributed by atoms with Gasteiger partial charge in [-0.2, -0.15) is 12.6 Å². The predicted molar refractivity (Wildman–Crippen MR) is 69.3 cm³/mol. The monoisotopic (exact) mass is 239 g/mol. The fraction of sp³-hybridized carbons (Fsp3) is 0.417. The molecule has 0 radical (unpaired) electrons. The first kappa shape index (κ1) is 12.9. The molecule has 0 saturated carbocycles. The van der Waals surface area contributed by atoms with Crippen molar-refractivity contribution in [2.45, 2.75) is 32.1 Å². The summed E-state index contributed by atoms with van der Waals surface area (Å²) in [5.41, 5.74) is 0.752. The summed E-state index contributed by atoms with van der Waals surface area (Å²) in [6.07, 6.45) is 0.151.